The Bertz CT molecular complexity index is 2290. The number of methoxy groups -OCH3 is 2. The van der Waals surface area contributed by atoms with Gasteiger partial charge in [-0.15, -0.1) is 23.2 Å². The Hall–Kier alpha value is -4.82. The van der Waals surface area contributed by atoms with E-state index in [1.165, 1.54) is 41.3 Å². The zero-order chi connectivity index (χ0) is 34.4. The minimum atomic E-state index is -2.02. The van der Waals surface area contributed by atoms with Gasteiger partial charge in [-0.2, -0.15) is 0 Å². The molecule has 0 radical (unpaired) electrons. The highest BCUT2D eigenvalue weighted by Crippen LogP contribution is 2.63. The number of nitrogens with zero attached hydrogens (tertiary/aromatic N) is 6. The van der Waals surface area contributed by atoms with E-state index in [0.717, 1.165) is 9.47 Å². The van der Waals surface area contributed by atoms with E-state index >= 15 is 0 Å². The number of alkyl halides is 2. The summed E-state index contributed by atoms with van der Waals surface area (Å²) in [6.45, 7) is -0.239. The van der Waals surface area contributed by atoms with Crippen molar-refractivity contribution in [2.75, 3.05) is 21.3 Å². The Labute approximate surface area is 281 Å². The lowest BCUT2D eigenvalue weighted by molar-refractivity contribution is -0.137. The van der Waals surface area contributed by atoms with Crippen LogP contribution in [-0.2, 0) is 36.1 Å². The van der Waals surface area contributed by atoms with Gasteiger partial charge in [-0.1, -0.05) is 24.3 Å². The summed E-state index contributed by atoms with van der Waals surface area (Å²) < 4.78 is 15.6. The van der Waals surface area contributed by atoms with E-state index in [-0.39, 0.29) is 42.9 Å². The molecule has 1 aliphatic carbocycles. The molecule has 1 N–H and O–H groups in total. The van der Waals surface area contributed by atoms with E-state index in [9.17, 15) is 29.1 Å². The van der Waals surface area contributed by atoms with Crippen molar-refractivity contribution in [2.24, 2.45) is 7.05 Å². The van der Waals surface area contributed by atoms with E-state index < -0.39 is 50.5 Å². The number of halogens is 2. The molecule has 0 unspecified atom stereocenters. The molecule has 0 bridgehead atoms. The number of phenols is 1. The lowest BCUT2D eigenvalue weighted by atomic mass is 9.64. The molecule has 0 spiro atoms. The first-order valence-corrected chi connectivity index (χ1v) is 15.8. The topological polar surface area (TPSA) is 160 Å². The number of aryl methyl sites for hydroxylation is 2. The standard InChI is InChI=1S/C32H30Cl2N6O8/c1-36-20-14-24(48-4)23(47-3)13-19(20)35-18(26(36)42)10-11-38-29(45)39-12-9-16-21(40(39)30(38)46)15-31(33)27(43)37(2)28(44)32(31,34)25(16)17-7-5-6-8-22(17)41/h5-9,13-14,21,25,41H,10-12,15H2,1-4H3/t21-,25-,31-,32+/m1/s1. The number of carbonyl (C=O) groups is 2. The van der Waals surface area contributed by atoms with Crippen molar-refractivity contribution in [3.8, 4) is 17.2 Å². The molecule has 3 aliphatic rings. The Kier molecular flexibility index (Phi) is 7.18. The van der Waals surface area contributed by atoms with Gasteiger partial charge in [-0.3, -0.25) is 19.3 Å². The SMILES string of the molecule is COc1cc2nc(CCn3c(=O)n4n(c3=O)[C@@H]3C[C@@]5(Cl)C(=O)N(C)C(=O)[C@@]5(Cl)[C@@H](c5ccccc5O)C3=CC4)c(=O)n(C)c2cc1OC. The minimum Gasteiger partial charge on any atom is -0.508 e. The second-order valence-electron chi connectivity index (χ2n) is 12.1. The smallest absolute Gasteiger partial charge is 0.347 e. The average molecular weight is 698 g/mol. The van der Waals surface area contributed by atoms with E-state index in [4.69, 9.17) is 32.7 Å². The lowest BCUT2D eigenvalue weighted by Crippen LogP contribution is -2.59. The fourth-order valence-electron chi connectivity index (χ4n) is 7.41. The number of hydrogen-bond acceptors (Lipinski definition) is 9. The van der Waals surface area contributed by atoms with Crippen LogP contribution in [0.5, 0.6) is 17.2 Å². The molecule has 2 aromatic carbocycles. The van der Waals surface area contributed by atoms with Crippen molar-refractivity contribution < 1.29 is 24.2 Å². The van der Waals surface area contributed by atoms with Crippen LogP contribution in [-0.4, -0.2) is 76.3 Å². The molecular weight excluding hydrogens is 667 g/mol. The van der Waals surface area contributed by atoms with Gasteiger partial charge in [0.25, 0.3) is 17.4 Å². The number of imide groups is 1. The van der Waals surface area contributed by atoms with Crippen molar-refractivity contribution in [1.29, 1.82) is 0 Å². The number of fused-ring (bicyclic) bond motifs is 5. The molecule has 2 amide bonds. The number of likely N-dealkylation sites (tertiary alicyclic amines) is 1. The Morgan fingerprint density at radius 1 is 0.979 bits per heavy atom. The summed E-state index contributed by atoms with van der Waals surface area (Å²) in [7, 11) is 5.84. The van der Waals surface area contributed by atoms with Crippen molar-refractivity contribution in [2.45, 2.75) is 47.6 Å². The number of hydrogen-bond donors (Lipinski definition) is 1. The van der Waals surface area contributed by atoms with E-state index in [0.29, 0.717) is 28.1 Å². The summed E-state index contributed by atoms with van der Waals surface area (Å²) in [6.07, 6.45) is 1.36. The molecule has 1 saturated carbocycles. The van der Waals surface area contributed by atoms with Crippen LogP contribution in [0.2, 0.25) is 0 Å². The summed E-state index contributed by atoms with van der Waals surface area (Å²) in [6, 6.07) is 8.58. The van der Waals surface area contributed by atoms with Gasteiger partial charge in [0.05, 0.1) is 37.8 Å². The van der Waals surface area contributed by atoms with Crippen LogP contribution in [0.25, 0.3) is 11.0 Å². The number of aromatic nitrogens is 5. The summed E-state index contributed by atoms with van der Waals surface area (Å²) in [4.78, 5) is 69.7. The number of allylic oxidation sites excluding steroid dienone is 2. The first-order valence-electron chi connectivity index (χ1n) is 15.0. The van der Waals surface area contributed by atoms with Crippen LogP contribution in [0, 0.1) is 0 Å². The van der Waals surface area contributed by atoms with Gasteiger partial charge in [-0.05, 0) is 11.6 Å². The molecule has 14 nitrogen and oxygen atoms in total. The molecule has 2 aromatic heterocycles. The van der Waals surface area contributed by atoms with Crippen LogP contribution < -0.4 is 26.4 Å². The fourth-order valence-corrected chi connectivity index (χ4v) is 8.40. The van der Waals surface area contributed by atoms with Gasteiger partial charge in [0.15, 0.2) is 21.2 Å². The molecule has 1 saturated heterocycles. The first-order chi connectivity index (χ1) is 22.8. The number of aromatic hydroxyl groups is 1. The number of ether oxygens (including phenoxy) is 2. The maximum atomic E-state index is 14.1. The first kappa shape index (κ1) is 31.8. The van der Waals surface area contributed by atoms with E-state index in [2.05, 4.69) is 4.98 Å². The van der Waals surface area contributed by atoms with Crippen LogP contribution in [0.15, 0.2) is 62.4 Å². The molecular formula is C32H30Cl2N6O8. The molecule has 4 aromatic rings. The van der Waals surface area contributed by atoms with Crippen molar-refractivity contribution in [3.63, 3.8) is 0 Å². The number of rotatable bonds is 6. The molecule has 7 rings (SSSR count). The number of benzene rings is 2. The Morgan fingerprint density at radius 3 is 2.35 bits per heavy atom. The van der Waals surface area contributed by atoms with Gasteiger partial charge < -0.3 is 19.1 Å². The van der Waals surface area contributed by atoms with Crippen LogP contribution >= 0.6 is 23.2 Å². The molecule has 2 fully saturated rings. The highest BCUT2D eigenvalue weighted by molar-refractivity contribution is 6.53. The van der Waals surface area contributed by atoms with Crippen LogP contribution in [0.4, 0.5) is 0 Å². The molecule has 250 valence electrons. The number of carbonyl (C=O) groups excluding carboxylic acids is 2. The number of amides is 2. The quantitative estimate of drug-likeness (QED) is 0.180. The number of para-hydroxylation sites is 1. The monoisotopic (exact) mass is 696 g/mol. The zero-order valence-electron chi connectivity index (χ0n) is 26.3. The van der Waals surface area contributed by atoms with E-state index in [1.54, 1.807) is 43.5 Å². The summed E-state index contributed by atoms with van der Waals surface area (Å²) in [5.74, 6) is -1.92. The minimum absolute atomic E-state index is 0.0520. The summed E-state index contributed by atoms with van der Waals surface area (Å²) in [5, 5.41) is 10.9. The second kappa shape index (κ2) is 10.9. The Morgan fingerprint density at radius 2 is 1.67 bits per heavy atom. The highest BCUT2D eigenvalue weighted by Gasteiger charge is 2.75. The molecule has 4 atom stereocenters. The molecule has 2 aliphatic heterocycles. The molecule has 4 heterocycles. The van der Waals surface area contributed by atoms with Crippen LogP contribution in [0.1, 0.15) is 29.6 Å². The van der Waals surface area contributed by atoms with Crippen molar-refractivity contribution in [1.82, 2.24) is 28.4 Å². The third-order valence-electron chi connectivity index (χ3n) is 9.83. The normalized spacial score (nSPS) is 24.7. The maximum absolute atomic E-state index is 14.1. The maximum Gasteiger partial charge on any atom is 0.347 e. The van der Waals surface area contributed by atoms with Gasteiger partial charge in [0.1, 0.15) is 11.4 Å². The zero-order valence-corrected chi connectivity index (χ0v) is 27.8. The fraction of sp³-hybridized carbons (Fsp3) is 0.375. The van der Waals surface area contributed by atoms with Gasteiger partial charge in [-0.25, -0.2) is 28.5 Å². The van der Waals surface area contributed by atoms with Gasteiger partial charge >= 0.3 is 11.4 Å². The third kappa shape index (κ3) is 4.05. The second-order valence-corrected chi connectivity index (χ2v) is 13.4. The summed E-state index contributed by atoms with van der Waals surface area (Å²) >= 11 is 14.2. The molecule has 16 heteroatoms. The Balaban J connectivity index is 1.31. The van der Waals surface area contributed by atoms with Crippen molar-refractivity contribution >= 4 is 46.0 Å². The lowest BCUT2D eigenvalue weighted by Gasteiger charge is -2.49. The van der Waals surface area contributed by atoms with Gasteiger partial charge in [0, 0.05) is 57.1 Å². The van der Waals surface area contributed by atoms with E-state index in [1.807, 2.05) is 0 Å². The largest absolute Gasteiger partial charge is 0.508 e. The third-order valence-corrected chi connectivity index (χ3v) is 11.2. The van der Waals surface area contributed by atoms with Crippen LogP contribution in [0.3, 0.4) is 0 Å². The van der Waals surface area contributed by atoms with Gasteiger partial charge in [0.2, 0.25) is 0 Å². The predicted molar refractivity (Wildman–Crippen MR) is 174 cm³/mol. The molecule has 48 heavy (non-hydrogen) atoms. The average Bonchev–Trinajstić information content (AvgIpc) is 3.39. The number of phenolic OH excluding ortho intramolecular Hbond substituents is 1. The summed E-state index contributed by atoms with van der Waals surface area (Å²) in [5.41, 5.74) is 0.0355. The predicted octanol–water partition coefficient (Wildman–Crippen LogP) is 1.65. The highest BCUT2D eigenvalue weighted by atomic mass is 35.5. The van der Waals surface area contributed by atoms with Crippen molar-refractivity contribution in [3.05, 3.63) is 90.6 Å².